The summed E-state index contributed by atoms with van der Waals surface area (Å²) in [5, 5.41) is 0. The third kappa shape index (κ3) is 10.2. The van der Waals surface area contributed by atoms with Gasteiger partial charge in [-0.05, 0) is 58.3 Å². The van der Waals surface area contributed by atoms with Crippen molar-refractivity contribution in [1.82, 2.24) is 0 Å². The molecule has 0 aliphatic heterocycles. The Bertz CT molecular complexity index is 996. The van der Waals surface area contributed by atoms with Crippen LogP contribution in [0.4, 0.5) is 57.1 Å². The first-order valence-electron chi connectivity index (χ1n) is 12.0. The highest BCUT2D eigenvalue weighted by Crippen LogP contribution is 2.60. The van der Waals surface area contributed by atoms with Crippen LogP contribution in [-0.4, -0.2) is 86.1 Å². The maximum atomic E-state index is 13.7. The minimum Gasteiger partial charge on any atom is -0.463 e. The lowest BCUT2D eigenvalue weighted by Crippen LogP contribution is -2.71. The van der Waals surface area contributed by atoms with E-state index < -0.39 is 79.5 Å². The molecule has 0 radical (unpaired) electrons. The van der Waals surface area contributed by atoms with Crippen LogP contribution < -0.4 is 0 Å². The summed E-state index contributed by atoms with van der Waals surface area (Å²) in [5.74, 6) is -42.4. The van der Waals surface area contributed by atoms with Gasteiger partial charge in [-0.15, -0.1) is 0 Å². The third-order valence-corrected chi connectivity index (χ3v) is 14.4. The fourth-order valence-corrected chi connectivity index (χ4v) is 15.8. The molecule has 0 atom stereocenters. The quantitative estimate of drug-likeness (QED) is 0.0511. The Labute approximate surface area is 241 Å². The average Bonchev–Trinajstić information content (AvgIpc) is 2.77. The monoisotopic (exact) mass is 710 g/mol. The Balaban J connectivity index is 5.49. The number of rotatable bonds is 17. The molecular formula is C21H31F13O6Si3. The van der Waals surface area contributed by atoms with Crippen LogP contribution >= 0.6 is 0 Å². The second-order valence-corrected chi connectivity index (χ2v) is 24.1. The lowest BCUT2D eigenvalue weighted by atomic mass is 9.94. The number of carbonyl (C=O) groups excluding carboxylic acids is 2. The fourth-order valence-electron chi connectivity index (χ4n) is 3.28. The van der Waals surface area contributed by atoms with E-state index in [4.69, 9.17) is 8.23 Å². The molecule has 0 aromatic heterocycles. The zero-order valence-electron chi connectivity index (χ0n) is 23.8. The van der Waals surface area contributed by atoms with Gasteiger partial charge in [0.15, 0.2) is 23.3 Å². The molecule has 0 unspecified atom stereocenters. The van der Waals surface area contributed by atoms with Crippen LogP contribution in [-0.2, 0) is 27.3 Å². The van der Waals surface area contributed by atoms with Gasteiger partial charge >= 0.3 is 56.2 Å². The third-order valence-electron chi connectivity index (χ3n) is 4.82. The molecule has 43 heavy (non-hydrogen) atoms. The molecule has 0 amide bonds. The molecular weight excluding hydrogens is 679 g/mol. The molecule has 0 saturated carbocycles. The molecule has 0 aromatic carbocycles. The average molecular weight is 711 g/mol. The van der Waals surface area contributed by atoms with Crippen molar-refractivity contribution in [1.29, 1.82) is 0 Å². The molecule has 0 spiro atoms. The van der Waals surface area contributed by atoms with Crippen molar-refractivity contribution in [3.8, 4) is 0 Å². The molecule has 6 nitrogen and oxygen atoms in total. The first-order valence-corrected chi connectivity index (χ1v) is 21.4. The van der Waals surface area contributed by atoms with Crippen LogP contribution in [0.2, 0.25) is 51.9 Å². The molecule has 0 saturated heterocycles. The van der Waals surface area contributed by atoms with Gasteiger partial charge in [-0.3, -0.25) is 0 Å². The van der Waals surface area contributed by atoms with Crippen LogP contribution in [0.3, 0.4) is 0 Å². The van der Waals surface area contributed by atoms with Crippen LogP contribution in [0.5, 0.6) is 0 Å². The summed E-state index contributed by atoms with van der Waals surface area (Å²) in [4.78, 5) is 23.1. The van der Waals surface area contributed by atoms with Crippen molar-refractivity contribution in [2.45, 2.75) is 94.0 Å². The minimum atomic E-state index is -8.05. The number of esters is 2. The minimum absolute atomic E-state index is 0.00693. The van der Waals surface area contributed by atoms with Crippen molar-refractivity contribution in [2.75, 3.05) is 13.3 Å². The molecule has 0 aliphatic rings. The van der Waals surface area contributed by atoms with Gasteiger partial charge in [0, 0.05) is 12.2 Å². The van der Waals surface area contributed by atoms with Crippen LogP contribution in [0.1, 0.15) is 6.42 Å². The lowest BCUT2D eigenvalue weighted by molar-refractivity contribution is -0.450. The zero-order valence-corrected chi connectivity index (χ0v) is 26.8. The Kier molecular flexibility index (Phi) is 12.9. The molecule has 0 N–H and O–H groups in total. The molecule has 0 bridgehead atoms. The molecule has 254 valence electrons. The molecule has 0 fully saturated rings. The first-order chi connectivity index (χ1) is 18.7. The number of alkyl halides is 13. The lowest BCUT2D eigenvalue weighted by Gasteiger charge is -2.40. The van der Waals surface area contributed by atoms with Crippen molar-refractivity contribution in [3.05, 3.63) is 12.2 Å². The van der Waals surface area contributed by atoms with E-state index in [9.17, 15) is 66.7 Å². The highest BCUT2D eigenvalue weighted by atomic mass is 28.5. The van der Waals surface area contributed by atoms with E-state index in [1.807, 2.05) is 39.3 Å². The fraction of sp³-hybridized carbons (Fsp3) is 0.810. The molecule has 0 aromatic rings. The molecule has 0 rings (SSSR count). The maximum absolute atomic E-state index is 13.7. The highest BCUT2D eigenvalue weighted by Gasteiger charge is 2.91. The molecule has 22 heteroatoms. The second kappa shape index (κ2) is 13.4. The first kappa shape index (κ1) is 41.3. The van der Waals surface area contributed by atoms with Gasteiger partial charge in [-0.2, -0.15) is 52.7 Å². The van der Waals surface area contributed by atoms with E-state index in [2.05, 4.69) is 9.47 Å². The predicted molar refractivity (Wildman–Crippen MR) is 132 cm³/mol. The number of halogens is 13. The summed E-state index contributed by atoms with van der Waals surface area (Å²) >= 11 is 0. The molecule has 0 heterocycles. The topological polar surface area (TPSA) is 71.1 Å². The number of hydrogen-bond acceptors (Lipinski definition) is 6. The van der Waals surface area contributed by atoms with Gasteiger partial charge in [0.05, 0.1) is 6.61 Å². The Morgan fingerprint density at radius 1 is 0.628 bits per heavy atom. The Hall–Kier alpha value is -1.66. The van der Waals surface area contributed by atoms with Gasteiger partial charge in [-0.1, -0.05) is 0 Å². The smallest absolute Gasteiger partial charge is 0.463 e. The van der Waals surface area contributed by atoms with Gasteiger partial charge in [-0.25, -0.2) is 14.0 Å². The standard InChI is InChI=1S/C21H31F13O6Si3/c1-41(2,3)39-43(7,40-42(4,5)6)12-8-11-37-14(35)9-10-15(36)38-21(33,34)20(31,32)19(29,30)18(27,28)17(25,26)16(23,24)13-22/h9-10H,8,11-13H2,1-7H3. The Morgan fingerprint density at radius 2 is 1.02 bits per heavy atom. The second-order valence-electron chi connectivity index (χ2n) is 11.2. The van der Waals surface area contributed by atoms with Crippen molar-refractivity contribution < 1.29 is 84.4 Å². The van der Waals surface area contributed by atoms with E-state index in [1.54, 1.807) is 6.55 Å². The summed E-state index contributed by atoms with van der Waals surface area (Å²) in [7, 11) is -6.91. The number of hydrogen-bond donors (Lipinski definition) is 0. The highest BCUT2D eigenvalue weighted by molar-refractivity contribution is 6.87. The van der Waals surface area contributed by atoms with Gasteiger partial charge in [0.1, 0.15) is 0 Å². The Morgan fingerprint density at radius 3 is 1.42 bits per heavy atom. The van der Waals surface area contributed by atoms with E-state index in [-0.39, 0.29) is 25.2 Å². The summed E-state index contributed by atoms with van der Waals surface area (Å²) < 4.78 is 193. The van der Waals surface area contributed by atoms with Crippen LogP contribution in [0.15, 0.2) is 12.2 Å². The van der Waals surface area contributed by atoms with Crippen molar-refractivity contribution >= 4 is 37.1 Å². The summed E-state index contributed by atoms with van der Waals surface area (Å²) in [5.41, 5.74) is 0. The predicted octanol–water partition coefficient (Wildman–Crippen LogP) is 7.53. The molecule has 0 aliphatic carbocycles. The van der Waals surface area contributed by atoms with E-state index in [0.717, 1.165) is 0 Å². The van der Waals surface area contributed by atoms with Gasteiger partial charge < -0.3 is 17.7 Å². The summed E-state index contributed by atoms with van der Waals surface area (Å²) in [6.45, 7) is 9.19. The van der Waals surface area contributed by atoms with Crippen molar-refractivity contribution in [2.24, 2.45) is 0 Å². The normalized spacial score (nSPS) is 15.2. The van der Waals surface area contributed by atoms with E-state index in [1.165, 1.54) is 0 Å². The largest absolute Gasteiger partial charge is 0.473 e. The van der Waals surface area contributed by atoms with Gasteiger partial charge in [0.2, 0.25) is 0 Å². The van der Waals surface area contributed by atoms with Crippen molar-refractivity contribution in [3.63, 3.8) is 0 Å². The zero-order chi connectivity index (χ0) is 34.7. The summed E-state index contributed by atoms with van der Waals surface area (Å²) in [6, 6.07) is 0.317. The number of ether oxygens (including phenoxy) is 2. The van der Waals surface area contributed by atoms with E-state index in [0.29, 0.717) is 6.04 Å². The van der Waals surface area contributed by atoms with Crippen LogP contribution in [0.25, 0.3) is 0 Å². The van der Waals surface area contributed by atoms with Gasteiger partial charge in [0.25, 0.3) is 0 Å². The van der Waals surface area contributed by atoms with Crippen LogP contribution in [0, 0.1) is 0 Å². The van der Waals surface area contributed by atoms with E-state index >= 15 is 0 Å². The maximum Gasteiger partial charge on any atom is 0.473 e. The summed E-state index contributed by atoms with van der Waals surface area (Å²) in [6.07, 6.45) is -7.29. The number of carbonyl (C=O) groups is 2. The SMILES string of the molecule is C[Si](C)(C)O[Si](C)(CCCOC(=O)C=CC(=O)OC(F)(F)C(F)(F)C(F)(F)C(F)(F)C(F)(F)C(F)(F)CF)O[Si](C)(C)C.